The van der Waals surface area contributed by atoms with Crippen LogP contribution in [0.5, 0.6) is 5.75 Å². The summed E-state index contributed by atoms with van der Waals surface area (Å²) in [4.78, 5) is 41.4. The number of amides is 1. The fourth-order valence-electron chi connectivity index (χ4n) is 3.79. The number of phenols is 1. The molecule has 8 nitrogen and oxygen atoms in total. The lowest BCUT2D eigenvalue weighted by atomic mass is 9.91. The highest BCUT2D eigenvalue weighted by Gasteiger charge is 2.53. The summed E-state index contributed by atoms with van der Waals surface area (Å²) < 4.78 is 4.95. The van der Waals surface area contributed by atoms with Crippen LogP contribution in [0, 0.1) is 0 Å². The van der Waals surface area contributed by atoms with E-state index >= 15 is 0 Å². The molecular weight excluding hydrogens is 432 g/mol. The van der Waals surface area contributed by atoms with Crippen LogP contribution >= 0.6 is 11.8 Å². The van der Waals surface area contributed by atoms with Gasteiger partial charge in [0.05, 0.1) is 0 Å². The van der Waals surface area contributed by atoms with Gasteiger partial charge in [-0.05, 0) is 40.7 Å². The lowest BCUT2D eigenvalue weighted by Crippen LogP contribution is -2.64. The van der Waals surface area contributed by atoms with E-state index in [-0.39, 0.29) is 29.9 Å². The van der Waals surface area contributed by atoms with E-state index in [2.05, 4.69) is 4.99 Å². The summed E-state index contributed by atoms with van der Waals surface area (Å²) in [6.07, 6.45) is 1.62. The number of benzene rings is 1. The Morgan fingerprint density at radius 2 is 1.84 bits per heavy atom. The number of carbonyl (C=O) groups excluding carboxylic acids is 2. The Morgan fingerprint density at radius 3 is 2.34 bits per heavy atom. The van der Waals surface area contributed by atoms with E-state index < -0.39 is 29.3 Å². The van der Waals surface area contributed by atoms with E-state index in [4.69, 9.17) is 4.74 Å². The van der Waals surface area contributed by atoms with Crippen molar-refractivity contribution in [2.45, 2.75) is 57.9 Å². The second kappa shape index (κ2) is 9.36. The van der Waals surface area contributed by atoms with E-state index in [0.717, 1.165) is 16.7 Å². The molecule has 1 aromatic rings. The predicted octanol–water partition coefficient (Wildman–Crippen LogP) is 3.24. The SMILES string of the molecule is CC(=O)OCC1=C(C(=O)O)N2C(=O)[C@@H](N=Cc3cc(C(C)C)c(O)c(C(C)C)c3)[C@@H]2SC1. The first-order chi connectivity index (χ1) is 15.0. The number of carboxylic acids is 1. The zero-order chi connectivity index (χ0) is 23.7. The van der Waals surface area contributed by atoms with Crippen molar-refractivity contribution in [1.29, 1.82) is 0 Å². The van der Waals surface area contributed by atoms with Crippen LogP contribution in [0.1, 0.15) is 63.1 Å². The van der Waals surface area contributed by atoms with Gasteiger partial charge in [-0.25, -0.2) is 4.79 Å². The molecular formula is C23H28N2O6S. The molecule has 0 aromatic heterocycles. The number of fused-ring (bicyclic) bond motifs is 1. The zero-order valence-electron chi connectivity index (χ0n) is 18.8. The molecule has 1 fully saturated rings. The van der Waals surface area contributed by atoms with Crippen LogP contribution in [0.25, 0.3) is 0 Å². The van der Waals surface area contributed by atoms with E-state index in [1.807, 2.05) is 39.8 Å². The van der Waals surface area contributed by atoms with Crippen molar-refractivity contribution >= 4 is 35.8 Å². The number of esters is 1. The summed E-state index contributed by atoms with van der Waals surface area (Å²) in [5.74, 6) is -1.27. The van der Waals surface area contributed by atoms with Crippen LogP contribution in [0.3, 0.4) is 0 Å². The van der Waals surface area contributed by atoms with Gasteiger partial charge in [0, 0.05) is 24.5 Å². The van der Waals surface area contributed by atoms with Gasteiger partial charge >= 0.3 is 11.9 Å². The van der Waals surface area contributed by atoms with E-state index in [1.54, 1.807) is 6.21 Å². The summed E-state index contributed by atoms with van der Waals surface area (Å²) >= 11 is 1.40. The maximum atomic E-state index is 12.8. The number of carboxylic acid groups (broad SMARTS) is 1. The molecule has 32 heavy (non-hydrogen) atoms. The summed E-state index contributed by atoms with van der Waals surface area (Å²) in [5.41, 5.74) is 2.69. The van der Waals surface area contributed by atoms with Crippen molar-refractivity contribution in [3.8, 4) is 5.75 Å². The standard InChI is InChI=1S/C23H28N2O6S/c1-11(2)16-6-14(7-17(12(3)4)20(16)27)8-24-18-21(28)25-19(23(29)30)15(9-31-13(5)26)10-32-22(18)25/h6-8,11-12,18,22,27H,9-10H2,1-5H3,(H,29,30)/t18-,22+/m1/s1. The average molecular weight is 461 g/mol. The molecule has 1 aromatic carbocycles. The third-order valence-electron chi connectivity index (χ3n) is 5.49. The van der Waals surface area contributed by atoms with Crippen molar-refractivity contribution < 1.29 is 29.3 Å². The molecule has 0 saturated carbocycles. The molecule has 9 heteroatoms. The first kappa shape index (κ1) is 23.8. The van der Waals surface area contributed by atoms with E-state index in [9.17, 15) is 24.6 Å². The van der Waals surface area contributed by atoms with E-state index in [0.29, 0.717) is 11.3 Å². The second-order valence-corrected chi connectivity index (χ2v) is 9.63. The number of thioether (sulfide) groups is 1. The maximum absolute atomic E-state index is 12.8. The normalized spacial score (nSPS) is 20.7. The zero-order valence-corrected chi connectivity index (χ0v) is 19.6. The van der Waals surface area contributed by atoms with Crippen LogP contribution in [0.15, 0.2) is 28.4 Å². The van der Waals surface area contributed by atoms with E-state index in [1.165, 1.54) is 23.6 Å². The highest BCUT2D eigenvalue weighted by Crippen LogP contribution is 2.42. The molecule has 0 aliphatic carbocycles. The molecule has 0 radical (unpaired) electrons. The van der Waals surface area contributed by atoms with Gasteiger partial charge in [0.25, 0.3) is 5.91 Å². The third kappa shape index (κ3) is 4.53. The topological polar surface area (TPSA) is 116 Å². The molecule has 0 bridgehead atoms. The van der Waals surface area contributed by atoms with Crippen LogP contribution in [0.4, 0.5) is 0 Å². The highest BCUT2D eigenvalue weighted by molar-refractivity contribution is 8.00. The summed E-state index contributed by atoms with van der Waals surface area (Å²) in [5, 5.41) is 19.8. The Hall–Kier alpha value is -2.81. The van der Waals surface area contributed by atoms with Crippen molar-refractivity contribution in [3.05, 3.63) is 40.1 Å². The number of hydrogen-bond acceptors (Lipinski definition) is 7. The number of aliphatic imine (C=N–C) groups is 1. The monoisotopic (exact) mass is 460 g/mol. The van der Waals surface area contributed by atoms with Gasteiger partial charge in [-0.3, -0.25) is 19.5 Å². The molecule has 2 heterocycles. The predicted molar refractivity (Wildman–Crippen MR) is 122 cm³/mol. The first-order valence-corrected chi connectivity index (χ1v) is 11.5. The Morgan fingerprint density at radius 1 is 1.25 bits per heavy atom. The Balaban J connectivity index is 1.85. The van der Waals surface area contributed by atoms with Gasteiger partial charge in [-0.1, -0.05) is 27.7 Å². The minimum atomic E-state index is -1.23. The van der Waals surface area contributed by atoms with Gasteiger partial charge in [-0.2, -0.15) is 0 Å². The average Bonchev–Trinajstić information content (AvgIpc) is 2.71. The quantitative estimate of drug-likeness (QED) is 0.364. The smallest absolute Gasteiger partial charge is 0.352 e. The number of rotatable bonds is 7. The minimum Gasteiger partial charge on any atom is -0.507 e. The summed E-state index contributed by atoms with van der Waals surface area (Å²) in [7, 11) is 0. The van der Waals surface area contributed by atoms with Gasteiger partial charge in [-0.15, -0.1) is 11.8 Å². The molecule has 2 aliphatic rings. The van der Waals surface area contributed by atoms with Crippen LogP contribution in [-0.2, 0) is 19.1 Å². The minimum absolute atomic E-state index is 0.120. The summed E-state index contributed by atoms with van der Waals surface area (Å²) in [6.45, 7) is 9.09. The largest absolute Gasteiger partial charge is 0.507 e. The van der Waals surface area contributed by atoms with Crippen molar-refractivity contribution in [2.75, 3.05) is 12.4 Å². The van der Waals surface area contributed by atoms with Crippen LogP contribution in [-0.4, -0.2) is 62.9 Å². The molecule has 0 unspecified atom stereocenters. The van der Waals surface area contributed by atoms with Crippen LogP contribution < -0.4 is 0 Å². The molecule has 172 valence electrons. The second-order valence-electron chi connectivity index (χ2n) is 8.53. The maximum Gasteiger partial charge on any atom is 0.352 e. The molecule has 2 aliphatic heterocycles. The molecule has 1 saturated heterocycles. The van der Waals surface area contributed by atoms with Gasteiger partial charge in [0.2, 0.25) is 0 Å². The fourth-order valence-corrected chi connectivity index (χ4v) is 5.11. The Labute approximate surface area is 191 Å². The number of hydrogen-bond donors (Lipinski definition) is 2. The first-order valence-electron chi connectivity index (χ1n) is 10.5. The van der Waals surface area contributed by atoms with Gasteiger partial charge in [0.15, 0.2) is 6.04 Å². The molecule has 3 rings (SSSR count). The number of aromatic hydroxyl groups is 1. The Kier molecular flexibility index (Phi) is 6.97. The molecule has 0 spiro atoms. The molecule has 1 amide bonds. The van der Waals surface area contributed by atoms with Crippen molar-refractivity contribution in [3.63, 3.8) is 0 Å². The fraction of sp³-hybridized carbons (Fsp3) is 0.478. The number of nitrogens with zero attached hydrogens (tertiary/aromatic N) is 2. The van der Waals surface area contributed by atoms with Gasteiger partial charge < -0.3 is 14.9 Å². The molecule has 2 atom stereocenters. The highest BCUT2D eigenvalue weighted by atomic mass is 32.2. The number of ether oxygens (including phenoxy) is 1. The third-order valence-corrected chi connectivity index (χ3v) is 6.82. The number of carbonyl (C=O) groups is 3. The number of aliphatic carboxylic acids is 1. The van der Waals surface area contributed by atoms with Crippen molar-refractivity contribution in [2.24, 2.45) is 4.99 Å². The van der Waals surface area contributed by atoms with Crippen LogP contribution in [0.2, 0.25) is 0 Å². The number of phenolic OH excluding ortho intramolecular Hbond substituents is 1. The Bertz CT molecular complexity index is 985. The lowest BCUT2D eigenvalue weighted by Gasteiger charge is -2.47. The van der Waals surface area contributed by atoms with Gasteiger partial charge in [0.1, 0.15) is 23.4 Å². The number of β-lactam (4-membered cyclic amide) rings is 1. The summed E-state index contributed by atoms with van der Waals surface area (Å²) in [6, 6.07) is 3.04. The molecule has 2 N–H and O–H groups in total. The lowest BCUT2D eigenvalue weighted by molar-refractivity contribution is -0.148. The van der Waals surface area contributed by atoms with Crippen molar-refractivity contribution in [1.82, 2.24) is 4.90 Å².